The minimum atomic E-state index is 0.568. The lowest BCUT2D eigenvalue weighted by Crippen LogP contribution is -1.83. The molecule has 0 aliphatic rings. The summed E-state index contributed by atoms with van der Waals surface area (Å²) in [6, 6.07) is 5.48. The first kappa shape index (κ1) is 6.84. The van der Waals surface area contributed by atoms with Crippen molar-refractivity contribution in [2.24, 2.45) is 0 Å². The molecule has 12 heavy (non-hydrogen) atoms. The molecule has 2 aromatic heterocycles. The van der Waals surface area contributed by atoms with Crippen molar-refractivity contribution in [2.45, 2.75) is 0 Å². The van der Waals surface area contributed by atoms with Crippen molar-refractivity contribution in [3.8, 4) is 11.6 Å². The molecule has 2 aromatic rings. The maximum absolute atomic E-state index is 5.31. The first-order valence-corrected chi connectivity index (χ1v) is 3.53. The number of pyridine rings is 1. The van der Waals surface area contributed by atoms with Crippen molar-refractivity contribution in [3.63, 3.8) is 0 Å². The van der Waals surface area contributed by atoms with Gasteiger partial charge in [-0.2, -0.15) is 5.10 Å². The third kappa shape index (κ3) is 1.42. The Morgan fingerprint density at radius 2 is 2.33 bits per heavy atom. The van der Waals surface area contributed by atoms with E-state index in [0.717, 1.165) is 0 Å². The molecule has 0 atom stereocenters. The van der Waals surface area contributed by atoms with E-state index in [1.807, 2.05) is 12.1 Å². The van der Waals surface area contributed by atoms with Gasteiger partial charge in [0.2, 0.25) is 5.88 Å². The minimum Gasteiger partial charge on any atom is -0.436 e. The highest BCUT2D eigenvalue weighted by Crippen LogP contribution is 2.15. The predicted molar refractivity (Wildman–Crippen MR) is 42.9 cm³/mol. The Kier molecular flexibility index (Phi) is 1.74. The monoisotopic (exact) mass is 161 g/mol. The molecule has 0 spiro atoms. The Labute approximate surface area is 69.2 Å². The molecule has 0 saturated heterocycles. The quantitative estimate of drug-likeness (QED) is 0.727. The van der Waals surface area contributed by atoms with Crippen molar-refractivity contribution in [1.29, 1.82) is 0 Å². The van der Waals surface area contributed by atoms with Gasteiger partial charge in [0.05, 0.1) is 12.4 Å². The molecule has 2 rings (SSSR count). The molecule has 2 heterocycles. The molecule has 0 fully saturated rings. The summed E-state index contributed by atoms with van der Waals surface area (Å²) in [5.41, 5.74) is 0. The van der Waals surface area contributed by atoms with E-state index in [2.05, 4.69) is 15.2 Å². The predicted octanol–water partition coefficient (Wildman–Crippen LogP) is 1.60. The SMILES string of the molecule is c1ccc(Oc2cn[nH]c2)nc1. The van der Waals surface area contributed by atoms with Gasteiger partial charge in [-0.25, -0.2) is 4.98 Å². The van der Waals surface area contributed by atoms with E-state index in [0.29, 0.717) is 11.6 Å². The number of nitrogens with one attached hydrogen (secondary N) is 1. The second-order valence-corrected chi connectivity index (χ2v) is 2.20. The lowest BCUT2D eigenvalue weighted by molar-refractivity contribution is 0.463. The number of H-pyrrole nitrogens is 1. The molecule has 0 aromatic carbocycles. The van der Waals surface area contributed by atoms with Crippen molar-refractivity contribution in [2.75, 3.05) is 0 Å². The molecule has 0 unspecified atom stereocenters. The second kappa shape index (κ2) is 3.04. The lowest BCUT2D eigenvalue weighted by atomic mass is 10.5. The zero-order chi connectivity index (χ0) is 8.23. The smallest absolute Gasteiger partial charge is 0.219 e. The van der Waals surface area contributed by atoms with Gasteiger partial charge in [0.25, 0.3) is 0 Å². The Hall–Kier alpha value is -1.84. The van der Waals surface area contributed by atoms with Gasteiger partial charge >= 0.3 is 0 Å². The highest BCUT2D eigenvalue weighted by molar-refractivity contribution is 5.20. The van der Waals surface area contributed by atoms with E-state index in [1.54, 1.807) is 24.7 Å². The molecule has 1 N–H and O–H groups in total. The van der Waals surface area contributed by atoms with Crippen LogP contribution >= 0.6 is 0 Å². The third-order valence-electron chi connectivity index (χ3n) is 1.33. The summed E-state index contributed by atoms with van der Waals surface area (Å²) in [4.78, 5) is 3.99. The van der Waals surface area contributed by atoms with Gasteiger partial charge in [0, 0.05) is 12.3 Å². The molecule has 0 aliphatic heterocycles. The van der Waals surface area contributed by atoms with E-state index in [-0.39, 0.29) is 0 Å². The van der Waals surface area contributed by atoms with Crippen LogP contribution in [0.2, 0.25) is 0 Å². The Balaban J connectivity index is 2.15. The molecule has 4 nitrogen and oxygen atoms in total. The van der Waals surface area contributed by atoms with Gasteiger partial charge in [-0.05, 0) is 6.07 Å². The first-order valence-electron chi connectivity index (χ1n) is 3.53. The first-order chi connectivity index (χ1) is 5.95. The van der Waals surface area contributed by atoms with Crippen LogP contribution in [0.3, 0.4) is 0 Å². The van der Waals surface area contributed by atoms with Gasteiger partial charge in [-0.1, -0.05) is 6.07 Å². The molecule has 0 bridgehead atoms. The van der Waals surface area contributed by atoms with Crippen molar-refractivity contribution >= 4 is 0 Å². The number of aromatic amines is 1. The fraction of sp³-hybridized carbons (Fsp3) is 0. The average Bonchev–Trinajstić information content (AvgIpc) is 2.59. The Morgan fingerprint density at radius 3 is 3.00 bits per heavy atom. The molecule has 60 valence electrons. The summed E-state index contributed by atoms with van der Waals surface area (Å²) in [6.45, 7) is 0. The topological polar surface area (TPSA) is 50.8 Å². The highest BCUT2D eigenvalue weighted by atomic mass is 16.5. The summed E-state index contributed by atoms with van der Waals surface area (Å²) in [5, 5.41) is 6.39. The van der Waals surface area contributed by atoms with E-state index in [1.165, 1.54) is 0 Å². The van der Waals surface area contributed by atoms with Crippen LogP contribution in [0.4, 0.5) is 0 Å². The van der Waals surface area contributed by atoms with Gasteiger partial charge in [-0.3, -0.25) is 5.10 Å². The zero-order valence-corrected chi connectivity index (χ0v) is 6.27. The molecule has 0 radical (unpaired) electrons. The second-order valence-electron chi connectivity index (χ2n) is 2.20. The molecule has 0 aliphatic carbocycles. The number of rotatable bonds is 2. The maximum Gasteiger partial charge on any atom is 0.219 e. The van der Waals surface area contributed by atoms with Crippen LogP contribution in [0.1, 0.15) is 0 Å². The molecular formula is C8H7N3O. The molecule has 4 heteroatoms. The van der Waals surface area contributed by atoms with Crippen LogP contribution in [0.5, 0.6) is 11.6 Å². The highest BCUT2D eigenvalue weighted by Gasteiger charge is 1.96. The lowest BCUT2D eigenvalue weighted by Gasteiger charge is -1.98. The minimum absolute atomic E-state index is 0.568. The van der Waals surface area contributed by atoms with E-state index >= 15 is 0 Å². The third-order valence-corrected chi connectivity index (χ3v) is 1.33. The maximum atomic E-state index is 5.31. The van der Waals surface area contributed by atoms with Crippen LogP contribution < -0.4 is 4.74 Å². The van der Waals surface area contributed by atoms with Gasteiger partial charge in [0.15, 0.2) is 5.75 Å². The number of nitrogens with zero attached hydrogens (tertiary/aromatic N) is 2. The van der Waals surface area contributed by atoms with Crippen LogP contribution in [-0.2, 0) is 0 Å². The van der Waals surface area contributed by atoms with Gasteiger partial charge < -0.3 is 4.74 Å². The van der Waals surface area contributed by atoms with Crippen molar-refractivity contribution < 1.29 is 4.74 Å². The number of aromatic nitrogens is 3. The van der Waals surface area contributed by atoms with E-state index in [4.69, 9.17) is 4.74 Å². The van der Waals surface area contributed by atoms with Gasteiger partial charge in [-0.15, -0.1) is 0 Å². The normalized spacial score (nSPS) is 9.67. The zero-order valence-electron chi connectivity index (χ0n) is 6.27. The number of hydrogen-bond donors (Lipinski definition) is 1. The van der Waals surface area contributed by atoms with Crippen molar-refractivity contribution in [3.05, 3.63) is 36.8 Å². The van der Waals surface area contributed by atoms with Gasteiger partial charge in [0.1, 0.15) is 0 Å². The fourth-order valence-electron chi connectivity index (χ4n) is 0.823. The van der Waals surface area contributed by atoms with Crippen LogP contribution in [0.15, 0.2) is 36.8 Å². The standard InChI is InChI=1S/C8H7N3O/c1-2-4-9-8(3-1)12-7-5-10-11-6-7/h1-6H,(H,10,11). The summed E-state index contributed by atoms with van der Waals surface area (Å²) in [7, 11) is 0. The van der Waals surface area contributed by atoms with Crippen LogP contribution in [-0.4, -0.2) is 15.2 Å². The summed E-state index contributed by atoms with van der Waals surface area (Å²) in [5.74, 6) is 1.23. The fourth-order valence-corrected chi connectivity index (χ4v) is 0.823. The number of hydrogen-bond acceptors (Lipinski definition) is 3. The van der Waals surface area contributed by atoms with Crippen LogP contribution in [0, 0.1) is 0 Å². The van der Waals surface area contributed by atoms with Crippen molar-refractivity contribution in [1.82, 2.24) is 15.2 Å². The van der Waals surface area contributed by atoms with Crippen LogP contribution in [0.25, 0.3) is 0 Å². The van der Waals surface area contributed by atoms with E-state index in [9.17, 15) is 0 Å². The largest absolute Gasteiger partial charge is 0.436 e. The summed E-state index contributed by atoms with van der Waals surface area (Å²) >= 11 is 0. The molecular weight excluding hydrogens is 154 g/mol. The van der Waals surface area contributed by atoms with E-state index < -0.39 is 0 Å². The average molecular weight is 161 g/mol. The summed E-state index contributed by atoms with van der Waals surface area (Å²) in [6.07, 6.45) is 4.93. The Bertz CT molecular complexity index is 330. The molecule has 0 amide bonds. The summed E-state index contributed by atoms with van der Waals surface area (Å²) < 4.78 is 5.31. The molecule has 0 saturated carbocycles. The Morgan fingerprint density at radius 1 is 1.33 bits per heavy atom. The number of ether oxygens (including phenoxy) is 1.